The van der Waals surface area contributed by atoms with Crippen LogP contribution in [0.2, 0.25) is 0 Å². The van der Waals surface area contributed by atoms with E-state index in [-0.39, 0.29) is 5.92 Å². The highest BCUT2D eigenvalue weighted by Gasteiger charge is 2.28. The molecule has 1 aliphatic rings. The predicted molar refractivity (Wildman–Crippen MR) is 47.8 cm³/mol. The van der Waals surface area contributed by atoms with Gasteiger partial charge in [0.2, 0.25) is 0 Å². The van der Waals surface area contributed by atoms with Gasteiger partial charge in [0.15, 0.2) is 0 Å². The maximum Gasteiger partial charge on any atom is 0.148 e. The van der Waals surface area contributed by atoms with Crippen LogP contribution in [0.3, 0.4) is 0 Å². The lowest BCUT2D eigenvalue weighted by Gasteiger charge is -2.32. The van der Waals surface area contributed by atoms with E-state index in [9.17, 15) is 9.90 Å². The first-order valence-electron chi connectivity index (χ1n) is 4.93. The molecule has 1 N–H and O–H groups in total. The summed E-state index contributed by atoms with van der Waals surface area (Å²) in [6.45, 7) is 2.14. The van der Waals surface area contributed by atoms with Gasteiger partial charge in [-0.3, -0.25) is 0 Å². The molecule has 1 aliphatic carbocycles. The lowest BCUT2D eigenvalue weighted by molar-refractivity contribution is -0.119. The fourth-order valence-corrected chi connectivity index (χ4v) is 2.29. The molecule has 2 heteroatoms. The maximum absolute atomic E-state index is 10.4. The lowest BCUT2D eigenvalue weighted by atomic mass is 9.75. The normalized spacial score (nSPS) is 32.8. The van der Waals surface area contributed by atoms with Crippen molar-refractivity contribution in [3.63, 3.8) is 0 Å². The zero-order valence-corrected chi connectivity index (χ0v) is 7.70. The molecule has 12 heavy (non-hydrogen) atoms. The van der Waals surface area contributed by atoms with Crippen LogP contribution in [0.4, 0.5) is 0 Å². The van der Waals surface area contributed by atoms with Crippen LogP contribution < -0.4 is 0 Å². The van der Waals surface area contributed by atoms with Crippen LogP contribution >= 0.6 is 0 Å². The number of aliphatic hydroxyl groups excluding tert-OH is 1. The van der Waals surface area contributed by atoms with Crippen molar-refractivity contribution in [3.05, 3.63) is 0 Å². The van der Waals surface area contributed by atoms with Gasteiger partial charge in [-0.15, -0.1) is 0 Å². The van der Waals surface area contributed by atoms with Gasteiger partial charge in [-0.05, 0) is 18.3 Å². The summed E-state index contributed by atoms with van der Waals surface area (Å²) in [6.07, 6.45) is 5.72. The van der Waals surface area contributed by atoms with Gasteiger partial charge in [-0.2, -0.15) is 0 Å². The van der Waals surface area contributed by atoms with Gasteiger partial charge < -0.3 is 9.90 Å². The van der Waals surface area contributed by atoms with E-state index in [2.05, 4.69) is 6.92 Å². The second-order valence-corrected chi connectivity index (χ2v) is 3.74. The van der Waals surface area contributed by atoms with Gasteiger partial charge in [0.25, 0.3) is 0 Å². The third-order valence-electron chi connectivity index (χ3n) is 3.07. The molecule has 0 bridgehead atoms. The van der Waals surface area contributed by atoms with Crippen molar-refractivity contribution < 1.29 is 9.90 Å². The van der Waals surface area contributed by atoms with E-state index in [1.54, 1.807) is 0 Å². The average Bonchev–Trinajstić information content (AvgIpc) is 2.16. The summed E-state index contributed by atoms with van der Waals surface area (Å²) in [7, 11) is 0. The summed E-state index contributed by atoms with van der Waals surface area (Å²) in [4.78, 5) is 10.4. The Hall–Kier alpha value is -0.370. The van der Waals surface area contributed by atoms with Gasteiger partial charge >= 0.3 is 0 Å². The van der Waals surface area contributed by atoms with Crippen LogP contribution in [0.15, 0.2) is 0 Å². The molecule has 0 radical (unpaired) electrons. The van der Waals surface area contributed by atoms with Crippen LogP contribution in [0.25, 0.3) is 0 Å². The summed E-state index contributed by atoms with van der Waals surface area (Å²) >= 11 is 0. The van der Waals surface area contributed by atoms with Gasteiger partial charge in [-0.1, -0.05) is 32.6 Å². The van der Waals surface area contributed by atoms with Crippen molar-refractivity contribution in [1.29, 1.82) is 0 Å². The Morgan fingerprint density at radius 2 is 2.17 bits per heavy atom. The third kappa shape index (κ3) is 2.07. The molecular formula is C10H18O2. The maximum atomic E-state index is 10.4. The Morgan fingerprint density at radius 3 is 2.75 bits per heavy atom. The van der Waals surface area contributed by atoms with Gasteiger partial charge in [0.1, 0.15) is 12.4 Å². The van der Waals surface area contributed by atoms with Crippen molar-refractivity contribution in [1.82, 2.24) is 0 Å². The quantitative estimate of drug-likeness (QED) is 0.655. The summed E-state index contributed by atoms with van der Waals surface area (Å²) in [5.41, 5.74) is 0. The molecule has 2 nitrogen and oxygen atoms in total. The minimum Gasteiger partial charge on any atom is -0.385 e. The van der Waals surface area contributed by atoms with Crippen LogP contribution in [-0.4, -0.2) is 17.5 Å². The highest BCUT2D eigenvalue weighted by atomic mass is 16.3. The van der Waals surface area contributed by atoms with Crippen molar-refractivity contribution in [3.8, 4) is 0 Å². The van der Waals surface area contributed by atoms with Crippen LogP contribution in [0.5, 0.6) is 0 Å². The number of aldehydes is 1. The van der Waals surface area contributed by atoms with Crippen molar-refractivity contribution in [2.75, 3.05) is 0 Å². The first kappa shape index (κ1) is 9.72. The van der Waals surface area contributed by atoms with Gasteiger partial charge in [-0.25, -0.2) is 0 Å². The molecule has 0 heterocycles. The Labute approximate surface area is 74.0 Å². The second-order valence-electron chi connectivity index (χ2n) is 3.74. The van der Waals surface area contributed by atoms with Crippen molar-refractivity contribution in [2.24, 2.45) is 11.8 Å². The molecular weight excluding hydrogens is 152 g/mol. The van der Waals surface area contributed by atoms with Crippen molar-refractivity contribution >= 4 is 6.29 Å². The van der Waals surface area contributed by atoms with Crippen LogP contribution in [0.1, 0.15) is 39.0 Å². The highest BCUT2D eigenvalue weighted by molar-refractivity contribution is 5.56. The van der Waals surface area contributed by atoms with Crippen LogP contribution in [-0.2, 0) is 4.79 Å². The summed E-state index contributed by atoms with van der Waals surface area (Å²) < 4.78 is 0. The molecule has 3 unspecified atom stereocenters. The Kier molecular flexibility index (Phi) is 3.73. The number of carbonyl (C=O) groups is 1. The minimum atomic E-state index is -0.713. The molecule has 1 fully saturated rings. The average molecular weight is 170 g/mol. The van der Waals surface area contributed by atoms with E-state index in [0.29, 0.717) is 12.2 Å². The van der Waals surface area contributed by atoms with Crippen LogP contribution in [0, 0.1) is 11.8 Å². The van der Waals surface area contributed by atoms with Gasteiger partial charge in [0, 0.05) is 0 Å². The number of rotatable bonds is 3. The molecule has 0 aromatic heterocycles. The zero-order chi connectivity index (χ0) is 8.97. The van der Waals surface area contributed by atoms with E-state index in [0.717, 1.165) is 12.8 Å². The predicted octanol–water partition coefficient (Wildman–Crippen LogP) is 1.76. The standard InChI is InChI=1S/C10H18O2/c1-2-8-5-3-4-6-9(8)10(12)7-11/h7-10,12H,2-6H2,1H3. The van der Waals surface area contributed by atoms with E-state index >= 15 is 0 Å². The van der Waals surface area contributed by atoms with E-state index in [4.69, 9.17) is 0 Å². The molecule has 0 aromatic rings. The summed E-state index contributed by atoms with van der Waals surface area (Å²) in [5.74, 6) is 0.806. The molecule has 3 atom stereocenters. The summed E-state index contributed by atoms with van der Waals surface area (Å²) in [5, 5.41) is 9.42. The molecule has 70 valence electrons. The van der Waals surface area contributed by atoms with Crippen molar-refractivity contribution in [2.45, 2.75) is 45.1 Å². The second kappa shape index (κ2) is 4.61. The molecule has 0 amide bonds. The molecule has 0 aromatic carbocycles. The SMILES string of the molecule is CCC1CCCCC1C(O)C=O. The molecule has 1 saturated carbocycles. The number of carbonyl (C=O) groups excluding carboxylic acids is 1. The van der Waals surface area contributed by atoms with Gasteiger partial charge in [0.05, 0.1) is 0 Å². The molecule has 0 aliphatic heterocycles. The van der Waals surface area contributed by atoms with E-state index < -0.39 is 6.10 Å². The summed E-state index contributed by atoms with van der Waals surface area (Å²) in [6, 6.07) is 0. The van der Waals surface area contributed by atoms with E-state index in [1.807, 2.05) is 0 Å². The molecule has 1 rings (SSSR count). The fraction of sp³-hybridized carbons (Fsp3) is 0.900. The monoisotopic (exact) mass is 170 g/mol. The largest absolute Gasteiger partial charge is 0.385 e. The fourth-order valence-electron chi connectivity index (χ4n) is 2.29. The Balaban J connectivity index is 2.51. The smallest absolute Gasteiger partial charge is 0.148 e. The Morgan fingerprint density at radius 1 is 1.50 bits per heavy atom. The Bertz CT molecular complexity index is 145. The zero-order valence-electron chi connectivity index (χ0n) is 7.70. The van der Waals surface area contributed by atoms with E-state index in [1.165, 1.54) is 19.3 Å². The first-order valence-corrected chi connectivity index (χ1v) is 4.93. The molecule has 0 saturated heterocycles. The number of hydrogen-bond acceptors (Lipinski definition) is 2. The number of hydrogen-bond donors (Lipinski definition) is 1. The topological polar surface area (TPSA) is 37.3 Å². The molecule has 0 spiro atoms. The minimum absolute atomic E-state index is 0.237. The number of aliphatic hydroxyl groups is 1. The first-order chi connectivity index (χ1) is 5.79. The third-order valence-corrected chi connectivity index (χ3v) is 3.07. The lowest BCUT2D eigenvalue weighted by Crippen LogP contribution is -2.31. The highest BCUT2D eigenvalue weighted by Crippen LogP contribution is 2.33.